The molecule has 1 aromatic heterocycles. The molecular formula is C14H15N5O2S. The number of hydrogen-bond donors (Lipinski definition) is 2. The number of nitrogens with zero attached hydrogens (tertiary/aromatic N) is 3. The molecule has 0 saturated heterocycles. The summed E-state index contributed by atoms with van der Waals surface area (Å²) >= 11 is 1.23. The number of rotatable bonds is 6. The molecular weight excluding hydrogens is 302 g/mol. The third kappa shape index (κ3) is 4.45. The molecule has 7 nitrogen and oxygen atoms in total. The number of thioether (sulfide) groups is 1. The zero-order valence-corrected chi connectivity index (χ0v) is 12.5. The highest BCUT2D eigenvalue weighted by Gasteiger charge is 2.09. The number of nitrogens with one attached hydrogen (secondary N) is 2. The predicted octanol–water partition coefficient (Wildman–Crippen LogP) is 1.02. The van der Waals surface area contributed by atoms with Gasteiger partial charge >= 0.3 is 0 Å². The summed E-state index contributed by atoms with van der Waals surface area (Å²) in [7, 11) is 0. The quantitative estimate of drug-likeness (QED) is 0.472. The van der Waals surface area contributed by atoms with Crippen LogP contribution in [0.25, 0.3) is 0 Å². The fourth-order valence-electron chi connectivity index (χ4n) is 1.57. The molecule has 2 rings (SSSR count). The summed E-state index contributed by atoms with van der Waals surface area (Å²) in [5.74, 6) is -0.582. The second-order valence-corrected chi connectivity index (χ2v) is 5.15. The molecule has 0 bridgehead atoms. The third-order valence-electron chi connectivity index (χ3n) is 2.59. The van der Waals surface area contributed by atoms with E-state index in [9.17, 15) is 9.59 Å². The summed E-state index contributed by atoms with van der Waals surface area (Å²) < 4.78 is 1.77. The van der Waals surface area contributed by atoms with Gasteiger partial charge in [0, 0.05) is 12.1 Å². The zero-order valence-electron chi connectivity index (χ0n) is 11.7. The number of allylic oxidation sites excluding steroid dienone is 1. The van der Waals surface area contributed by atoms with Gasteiger partial charge in [-0.2, -0.15) is 0 Å². The lowest BCUT2D eigenvalue weighted by Gasteiger charge is -2.07. The molecule has 0 unspecified atom stereocenters. The predicted molar refractivity (Wildman–Crippen MR) is 83.0 cm³/mol. The first-order valence-electron chi connectivity index (χ1n) is 6.46. The maximum absolute atomic E-state index is 11.8. The Balaban J connectivity index is 1.77. The van der Waals surface area contributed by atoms with Crippen LogP contribution in [0.2, 0.25) is 0 Å². The highest BCUT2D eigenvalue weighted by atomic mass is 32.2. The summed E-state index contributed by atoms with van der Waals surface area (Å²) in [6.07, 6.45) is 3.28. The maximum Gasteiger partial charge on any atom is 0.269 e. The lowest BCUT2D eigenvalue weighted by Crippen LogP contribution is -2.42. The molecule has 8 heteroatoms. The van der Waals surface area contributed by atoms with E-state index in [1.807, 2.05) is 6.07 Å². The second kappa shape index (κ2) is 7.99. The summed E-state index contributed by atoms with van der Waals surface area (Å²) in [4.78, 5) is 23.5. The normalized spacial score (nSPS) is 10.0. The molecule has 0 atom stereocenters. The van der Waals surface area contributed by atoms with Crippen LogP contribution in [0.4, 0.5) is 0 Å². The van der Waals surface area contributed by atoms with Crippen molar-refractivity contribution in [2.24, 2.45) is 0 Å². The average Bonchev–Trinajstić information content (AvgIpc) is 2.99. The molecule has 0 aliphatic heterocycles. The van der Waals surface area contributed by atoms with Crippen LogP contribution in [0.3, 0.4) is 0 Å². The van der Waals surface area contributed by atoms with Gasteiger partial charge < -0.3 is 4.57 Å². The summed E-state index contributed by atoms with van der Waals surface area (Å²) in [6.45, 7) is 4.21. The minimum atomic E-state index is -0.367. The van der Waals surface area contributed by atoms with Crippen LogP contribution in [0.1, 0.15) is 10.4 Å². The van der Waals surface area contributed by atoms with Gasteiger partial charge in [0.25, 0.3) is 5.91 Å². The molecule has 0 spiro atoms. The van der Waals surface area contributed by atoms with Gasteiger partial charge in [0.05, 0.1) is 5.75 Å². The molecule has 0 radical (unpaired) electrons. The molecule has 0 saturated carbocycles. The average molecular weight is 317 g/mol. The van der Waals surface area contributed by atoms with Crippen molar-refractivity contribution in [3.05, 3.63) is 54.9 Å². The molecule has 22 heavy (non-hydrogen) atoms. The Labute approximate surface area is 131 Å². The molecule has 1 heterocycles. The van der Waals surface area contributed by atoms with Crippen LogP contribution in [-0.2, 0) is 11.3 Å². The Morgan fingerprint density at radius 3 is 2.77 bits per heavy atom. The number of carbonyl (C=O) groups excluding carboxylic acids is 2. The monoisotopic (exact) mass is 317 g/mol. The minimum absolute atomic E-state index is 0.116. The summed E-state index contributed by atoms with van der Waals surface area (Å²) in [6, 6.07) is 8.63. The number of carbonyl (C=O) groups is 2. The topological polar surface area (TPSA) is 88.9 Å². The molecule has 0 aliphatic carbocycles. The van der Waals surface area contributed by atoms with Gasteiger partial charge in [-0.3, -0.25) is 20.4 Å². The van der Waals surface area contributed by atoms with E-state index in [0.29, 0.717) is 17.3 Å². The van der Waals surface area contributed by atoms with Gasteiger partial charge in [-0.05, 0) is 12.1 Å². The molecule has 1 aromatic carbocycles. The van der Waals surface area contributed by atoms with Crippen molar-refractivity contribution >= 4 is 23.6 Å². The standard InChI is InChI=1S/C14H15N5O2S/c1-2-8-19-10-15-18-14(19)22-9-12(20)16-17-13(21)11-6-4-3-5-7-11/h2-7,10H,1,8-9H2,(H,16,20)(H,17,21). The van der Waals surface area contributed by atoms with Gasteiger partial charge in [0.15, 0.2) is 5.16 Å². The van der Waals surface area contributed by atoms with Crippen LogP contribution < -0.4 is 10.9 Å². The van der Waals surface area contributed by atoms with Crippen LogP contribution in [0.5, 0.6) is 0 Å². The Morgan fingerprint density at radius 2 is 2.05 bits per heavy atom. The van der Waals surface area contributed by atoms with Gasteiger partial charge in [-0.15, -0.1) is 16.8 Å². The van der Waals surface area contributed by atoms with Crippen molar-refractivity contribution < 1.29 is 9.59 Å². The van der Waals surface area contributed by atoms with Gasteiger partial charge in [-0.1, -0.05) is 36.0 Å². The van der Waals surface area contributed by atoms with E-state index in [4.69, 9.17) is 0 Å². The molecule has 2 amide bonds. The van der Waals surface area contributed by atoms with E-state index in [1.165, 1.54) is 11.8 Å². The van der Waals surface area contributed by atoms with Gasteiger partial charge in [-0.25, -0.2) is 0 Å². The Bertz CT molecular complexity index is 656. The van der Waals surface area contributed by atoms with Crippen molar-refractivity contribution in [1.29, 1.82) is 0 Å². The fraction of sp³-hybridized carbons (Fsp3) is 0.143. The van der Waals surface area contributed by atoms with Crippen molar-refractivity contribution in [1.82, 2.24) is 25.6 Å². The largest absolute Gasteiger partial charge is 0.305 e. The van der Waals surface area contributed by atoms with E-state index < -0.39 is 0 Å². The van der Waals surface area contributed by atoms with Gasteiger partial charge in [0.1, 0.15) is 6.33 Å². The van der Waals surface area contributed by atoms with E-state index in [1.54, 1.807) is 41.2 Å². The third-order valence-corrected chi connectivity index (χ3v) is 3.57. The second-order valence-electron chi connectivity index (χ2n) is 4.21. The highest BCUT2D eigenvalue weighted by Crippen LogP contribution is 2.13. The SMILES string of the molecule is C=CCn1cnnc1SCC(=O)NNC(=O)c1ccccc1. The van der Waals surface area contributed by atoms with Crippen molar-refractivity contribution in [2.45, 2.75) is 11.7 Å². The Kier molecular flexibility index (Phi) is 5.73. The molecule has 114 valence electrons. The van der Waals surface area contributed by atoms with Crippen LogP contribution in [0, 0.1) is 0 Å². The summed E-state index contributed by atoms with van der Waals surface area (Å²) in [5.41, 5.74) is 5.19. The van der Waals surface area contributed by atoms with Crippen molar-refractivity contribution in [3.63, 3.8) is 0 Å². The maximum atomic E-state index is 11.8. The minimum Gasteiger partial charge on any atom is -0.305 e. The number of hydrazine groups is 1. The molecule has 0 fully saturated rings. The van der Waals surface area contributed by atoms with Crippen LogP contribution in [0.15, 0.2) is 54.5 Å². The van der Waals surface area contributed by atoms with E-state index in [2.05, 4.69) is 27.6 Å². The summed E-state index contributed by atoms with van der Waals surface area (Å²) in [5, 5.41) is 8.30. The van der Waals surface area contributed by atoms with E-state index in [-0.39, 0.29) is 17.6 Å². The first kappa shape index (κ1) is 15.8. The fourth-order valence-corrected chi connectivity index (χ4v) is 2.30. The zero-order chi connectivity index (χ0) is 15.8. The van der Waals surface area contributed by atoms with Crippen molar-refractivity contribution in [3.8, 4) is 0 Å². The smallest absolute Gasteiger partial charge is 0.269 e. The number of amides is 2. The molecule has 2 N–H and O–H groups in total. The first-order valence-corrected chi connectivity index (χ1v) is 7.45. The van der Waals surface area contributed by atoms with Crippen LogP contribution in [-0.4, -0.2) is 32.3 Å². The number of hydrogen-bond acceptors (Lipinski definition) is 5. The first-order chi connectivity index (χ1) is 10.7. The molecule has 0 aliphatic rings. The van der Waals surface area contributed by atoms with E-state index >= 15 is 0 Å². The highest BCUT2D eigenvalue weighted by molar-refractivity contribution is 7.99. The van der Waals surface area contributed by atoms with E-state index in [0.717, 1.165) is 0 Å². The number of benzene rings is 1. The lowest BCUT2D eigenvalue weighted by atomic mass is 10.2. The Morgan fingerprint density at radius 1 is 1.27 bits per heavy atom. The molecule has 2 aromatic rings. The van der Waals surface area contributed by atoms with Crippen molar-refractivity contribution in [2.75, 3.05) is 5.75 Å². The van der Waals surface area contributed by atoms with Crippen LogP contribution >= 0.6 is 11.8 Å². The lowest BCUT2D eigenvalue weighted by molar-refractivity contribution is -0.119. The Hall–Kier alpha value is -2.61. The number of aromatic nitrogens is 3. The van der Waals surface area contributed by atoms with Gasteiger partial charge in [0.2, 0.25) is 5.91 Å².